The molecule has 86 valence electrons. The Morgan fingerprint density at radius 3 is 2.07 bits per heavy atom. The molecule has 0 radical (unpaired) electrons. The van der Waals surface area contributed by atoms with Crippen molar-refractivity contribution in [3.63, 3.8) is 0 Å². The van der Waals surface area contributed by atoms with Gasteiger partial charge in [-0.15, -0.1) is 0 Å². The quantitative estimate of drug-likeness (QED) is 0.629. The van der Waals surface area contributed by atoms with Crippen LogP contribution in [0, 0.1) is 11.8 Å². The van der Waals surface area contributed by atoms with Crippen molar-refractivity contribution in [3.05, 3.63) is 0 Å². The summed E-state index contributed by atoms with van der Waals surface area (Å²) < 4.78 is 0. The standard InChI is InChI=1S/C13H29N/c1-5-8-13(14)10-7-9-12(4)11(3)6-2/h11-13H,5-10,14H2,1-4H3. The van der Waals surface area contributed by atoms with Crippen LogP contribution in [0.1, 0.15) is 66.2 Å². The molecule has 0 spiro atoms. The SMILES string of the molecule is CCCC(N)CCCC(C)C(C)CC. The number of hydrogen-bond donors (Lipinski definition) is 1. The van der Waals surface area contributed by atoms with E-state index in [2.05, 4.69) is 27.7 Å². The highest BCUT2D eigenvalue weighted by atomic mass is 14.6. The predicted octanol–water partition coefficient (Wildman–Crippen LogP) is 3.97. The zero-order chi connectivity index (χ0) is 11.0. The van der Waals surface area contributed by atoms with E-state index in [0.29, 0.717) is 6.04 Å². The fourth-order valence-electron chi connectivity index (χ4n) is 1.90. The van der Waals surface area contributed by atoms with E-state index in [1.807, 2.05) is 0 Å². The summed E-state index contributed by atoms with van der Waals surface area (Å²) in [6, 6.07) is 0.448. The van der Waals surface area contributed by atoms with Gasteiger partial charge in [0.1, 0.15) is 0 Å². The van der Waals surface area contributed by atoms with Crippen LogP contribution in [0.2, 0.25) is 0 Å². The van der Waals surface area contributed by atoms with E-state index in [1.54, 1.807) is 0 Å². The summed E-state index contributed by atoms with van der Waals surface area (Å²) in [5.41, 5.74) is 5.98. The third kappa shape index (κ3) is 6.42. The molecule has 1 nitrogen and oxygen atoms in total. The third-order valence-corrected chi connectivity index (χ3v) is 3.51. The first-order valence-electron chi connectivity index (χ1n) is 6.37. The number of hydrogen-bond acceptors (Lipinski definition) is 1. The van der Waals surface area contributed by atoms with Gasteiger partial charge >= 0.3 is 0 Å². The molecule has 0 fully saturated rings. The lowest BCUT2D eigenvalue weighted by atomic mass is 9.88. The minimum Gasteiger partial charge on any atom is -0.328 e. The van der Waals surface area contributed by atoms with Crippen molar-refractivity contribution in [2.24, 2.45) is 17.6 Å². The minimum absolute atomic E-state index is 0.448. The monoisotopic (exact) mass is 199 g/mol. The molecule has 14 heavy (non-hydrogen) atoms. The van der Waals surface area contributed by atoms with Crippen molar-refractivity contribution in [1.29, 1.82) is 0 Å². The van der Waals surface area contributed by atoms with Gasteiger partial charge in [0, 0.05) is 6.04 Å². The Morgan fingerprint density at radius 1 is 0.929 bits per heavy atom. The first kappa shape index (κ1) is 14.0. The van der Waals surface area contributed by atoms with Gasteiger partial charge in [0.2, 0.25) is 0 Å². The first-order chi connectivity index (χ1) is 6.61. The minimum atomic E-state index is 0.448. The van der Waals surface area contributed by atoms with E-state index in [-0.39, 0.29) is 0 Å². The summed E-state index contributed by atoms with van der Waals surface area (Å²) in [6.45, 7) is 9.22. The van der Waals surface area contributed by atoms with E-state index >= 15 is 0 Å². The number of rotatable bonds is 8. The normalized spacial score (nSPS) is 17.8. The van der Waals surface area contributed by atoms with E-state index in [0.717, 1.165) is 11.8 Å². The molecule has 0 aliphatic rings. The Bertz CT molecular complexity index is 122. The van der Waals surface area contributed by atoms with E-state index in [4.69, 9.17) is 5.73 Å². The van der Waals surface area contributed by atoms with Gasteiger partial charge in [0.15, 0.2) is 0 Å². The van der Waals surface area contributed by atoms with Gasteiger partial charge in [-0.25, -0.2) is 0 Å². The Morgan fingerprint density at radius 2 is 1.57 bits per heavy atom. The van der Waals surface area contributed by atoms with Crippen molar-refractivity contribution >= 4 is 0 Å². The summed E-state index contributed by atoms with van der Waals surface area (Å²) in [5.74, 6) is 1.74. The second-order valence-electron chi connectivity index (χ2n) is 4.84. The van der Waals surface area contributed by atoms with Crippen LogP contribution in [0.15, 0.2) is 0 Å². The largest absolute Gasteiger partial charge is 0.328 e. The van der Waals surface area contributed by atoms with Gasteiger partial charge in [-0.1, -0.05) is 53.4 Å². The molecule has 2 N–H and O–H groups in total. The van der Waals surface area contributed by atoms with Crippen molar-refractivity contribution in [3.8, 4) is 0 Å². The lowest BCUT2D eigenvalue weighted by molar-refractivity contribution is 0.338. The van der Waals surface area contributed by atoms with E-state index in [1.165, 1.54) is 38.5 Å². The predicted molar refractivity (Wildman–Crippen MR) is 65.4 cm³/mol. The lowest BCUT2D eigenvalue weighted by Gasteiger charge is -2.19. The molecule has 0 rings (SSSR count). The van der Waals surface area contributed by atoms with Crippen molar-refractivity contribution in [1.82, 2.24) is 0 Å². The highest BCUT2D eigenvalue weighted by Crippen LogP contribution is 2.20. The summed E-state index contributed by atoms with van der Waals surface area (Å²) >= 11 is 0. The average Bonchev–Trinajstić information content (AvgIpc) is 2.16. The van der Waals surface area contributed by atoms with Crippen LogP contribution in [0.4, 0.5) is 0 Å². The summed E-state index contributed by atoms with van der Waals surface area (Å²) in [6.07, 6.45) is 7.61. The molecular weight excluding hydrogens is 170 g/mol. The third-order valence-electron chi connectivity index (χ3n) is 3.51. The summed E-state index contributed by atoms with van der Waals surface area (Å²) in [7, 11) is 0. The van der Waals surface area contributed by atoms with Crippen molar-refractivity contribution < 1.29 is 0 Å². The topological polar surface area (TPSA) is 26.0 Å². The maximum atomic E-state index is 5.98. The summed E-state index contributed by atoms with van der Waals surface area (Å²) in [4.78, 5) is 0. The molecule has 0 saturated carbocycles. The van der Waals surface area contributed by atoms with Gasteiger partial charge in [0.25, 0.3) is 0 Å². The molecule has 0 aromatic heterocycles. The molecule has 0 aliphatic heterocycles. The molecule has 0 aliphatic carbocycles. The molecule has 0 aromatic carbocycles. The zero-order valence-electron chi connectivity index (χ0n) is 10.6. The molecule has 0 aromatic rings. The van der Waals surface area contributed by atoms with Crippen molar-refractivity contribution in [2.75, 3.05) is 0 Å². The molecule has 3 unspecified atom stereocenters. The fourth-order valence-corrected chi connectivity index (χ4v) is 1.90. The average molecular weight is 199 g/mol. The second kappa shape index (κ2) is 8.28. The highest BCUT2D eigenvalue weighted by molar-refractivity contribution is 4.64. The van der Waals surface area contributed by atoms with Gasteiger partial charge in [-0.2, -0.15) is 0 Å². The van der Waals surface area contributed by atoms with Crippen molar-refractivity contribution in [2.45, 2.75) is 72.3 Å². The van der Waals surface area contributed by atoms with Crippen LogP contribution in [-0.4, -0.2) is 6.04 Å². The van der Waals surface area contributed by atoms with Gasteiger partial charge in [-0.3, -0.25) is 0 Å². The van der Waals surface area contributed by atoms with Gasteiger partial charge < -0.3 is 5.73 Å². The van der Waals surface area contributed by atoms with Crippen LogP contribution in [0.3, 0.4) is 0 Å². The smallest absolute Gasteiger partial charge is 0.00387 e. The highest BCUT2D eigenvalue weighted by Gasteiger charge is 2.10. The Hall–Kier alpha value is -0.0400. The molecule has 0 bridgehead atoms. The lowest BCUT2D eigenvalue weighted by Crippen LogP contribution is -2.19. The number of nitrogens with two attached hydrogens (primary N) is 1. The van der Waals surface area contributed by atoms with E-state index < -0.39 is 0 Å². The van der Waals surface area contributed by atoms with Gasteiger partial charge in [0.05, 0.1) is 0 Å². The van der Waals surface area contributed by atoms with Crippen LogP contribution in [0.5, 0.6) is 0 Å². The fraction of sp³-hybridized carbons (Fsp3) is 1.00. The van der Waals surface area contributed by atoms with Crippen LogP contribution in [0.25, 0.3) is 0 Å². The molecule has 3 atom stereocenters. The van der Waals surface area contributed by atoms with Gasteiger partial charge in [-0.05, 0) is 24.7 Å². The molecule has 0 heterocycles. The maximum Gasteiger partial charge on any atom is 0.00387 e. The van der Waals surface area contributed by atoms with Crippen LogP contribution < -0.4 is 5.73 Å². The Kier molecular flexibility index (Phi) is 8.26. The van der Waals surface area contributed by atoms with Crippen LogP contribution >= 0.6 is 0 Å². The first-order valence-corrected chi connectivity index (χ1v) is 6.37. The summed E-state index contributed by atoms with van der Waals surface area (Å²) in [5, 5.41) is 0. The second-order valence-corrected chi connectivity index (χ2v) is 4.84. The molecule has 0 saturated heterocycles. The Balaban J connectivity index is 3.43. The van der Waals surface area contributed by atoms with Crippen LogP contribution in [-0.2, 0) is 0 Å². The maximum absolute atomic E-state index is 5.98. The molecular formula is C13H29N. The molecule has 1 heteroatoms. The Labute approximate surface area is 90.5 Å². The molecule has 0 amide bonds. The van der Waals surface area contributed by atoms with E-state index in [9.17, 15) is 0 Å². The zero-order valence-corrected chi connectivity index (χ0v) is 10.6.